The third-order valence-electron chi connectivity index (χ3n) is 4.05. The third kappa shape index (κ3) is 4.49. The van der Waals surface area contributed by atoms with Crippen LogP contribution < -0.4 is 5.32 Å². The SMILES string of the molecule is CC(C)NCc1ccn(CCC2CCCCC2)c1. The Morgan fingerprint density at radius 2 is 2.06 bits per heavy atom. The van der Waals surface area contributed by atoms with Crippen LogP contribution in [-0.2, 0) is 13.1 Å². The van der Waals surface area contributed by atoms with Gasteiger partial charge in [-0.25, -0.2) is 0 Å². The van der Waals surface area contributed by atoms with Gasteiger partial charge >= 0.3 is 0 Å². The topological polar surface area (TPSA) is 17.0 Å². The van der Waals surface area contributed by atoms with Gasteiger partial charge in [0.25, 0.3) is 0 Å². The highest BCUT2D eigenvalue weighted by atomic mass is 14.9. The van der Waals surface area contributed by atoms with E-state index in [1.165, 1.54) is 50.6 Å². The molecular formula is C16H28N2. The molecule has 1 aliphatic carbocycles. The van der Waals surface area contributed by atoms with Gasteiger partial charge in [-0.2, -0.15) is 0 Å². The third-order valence-corrected chi connectivity index (χ3v) is 4.05. The van der Waals surface area contributed by atoms with Crippen molar-refractivity contribution in [2.45, 2.75) is 71.5 Å². The molecule has 0 saturated heterocycles. The van der Waals surface area contributed by atoms with Crippen LogP contribution in [0.3, 0.4) is 0 Å². The van der Waals surface area contributed by atoms with E-state index >= 15 is 0 Å². The van der Waals surface area contributed by atoms with Gasteiger partial charge in [0.1, 0.15) is 0 Å². The lowest BCUT2D eigenvalue weighted by Gasteiger charge is -2.21. The van der Waals surface area contributed by atoms with Gasteiger partial charge < -0.3 is 9.88 Å². The van der Waals surface area contributed by atoms with E-state index in [0.29, 0.717) is 6.04 Å². The van der Waals surface area contributed by atoms with Crippen LogP contribution >= 0.6 is 0 Å². The number of nitrogens with one attached hydrogen (secondary N) is 1. The minimum Gasteiger partial charge on any atom is -0.354 e. The number of hydrogen-bond acceptors (Lipinski definition) is 1. The van der Waals surface area contributed by atoms with Crippen LogP contribution in [0.2, 0.25) is 0 Å². The van der Waals surface area contributed by atoms with Crippen molar-refractivity contribution >= 4 is 0 Å². The molecule has 18 heavy (non-hydrogen) atoms. The fourth-order valence-corrected chi connectivity index (χ4v) is 2.86. The van der Waals surface area contributed by atoms with E-state index in [0.717, 1.165) is 12.5 Å². The van der Waals surface area contributed by atoms with Crippen LogP contribution in [0.15, 0.2) is 18.5 Å². The second-order valence-corrected chi connectivity index (χ2v) is 6.09. The minimum atomic E-state index is 0.565. The molecule has 102 valence electrons. The second-order valence-electron chi connectivity index (χ2n) is 6.09. The molecule has 0 aliphatic heterocycles. The largest absolute Gasteiger partial charge is 0.354 e. The summed E-state index contributed by atoms with van der Waals surface area (Å²) in [4.78, 5) is 0. The second kappa shape index (κ2) is 6.98. The zero-order valence-corrected chi connectivity index (χ0v) is 12.0. The van der Waals surface area contributed by atoms with Crippen molar-refractivity contribution in [3.8, 4) is 0 Å². The molecule has 0 unspecified atom stereocenters. The first-order valence-electron chi connectivity index (χ1n) is 7.62. The smallest absolute Gasteiger partial charge is 0.0222 e. The molecule has 0 bridgehead atoms. The van der Waals surface area contributed by atoms with Crippen molar-refractivity contribution in [2.24, 2.45) is 5.92 Å². The summed E-state index contributed by atoms with van der Waals surface area (Å²) in [6.07, 6.45) is 13.2. The molecule has 2 heteroatoms. The summed E-state index contributed by atoms with van der Waals surface area (Å²) in [6, 6.07) is 2.81. The number of aryl methyl sites for hydroxylation is 1. The van der Waals surface area contributed by atoms with Gasteiger partial charge in [-0.1, -0.05) is 46.0 Å². The van der Waals surface area contributed by atoms with Crippen LogP contribution in [0.5, 0.6) is 0 Å². The number of aromatic nitrogens is 1. The van der Waals surface area contributed by atoms with Gasteiger partial charge in [0, 0.05) is 31.5 Å². The quantitative estimate of drug-likeness (QED) is 0.806. The van der Waals surface area contributed by atoms with E-state index in [-0.39, 0.29) is 0 Å². The summed E-state index contributed by atoms with van der Waals surface area (Å²) >= 11 is 0. The maximum atomic E-state index is 3.47. The van der Waals surface area contributed by atoms with E-state index < -0.39 is 0 Å². The molecule has 2 nitrogen and oxygen atoms in total. The highest BCUT2D eigenvalue weighted by molar-refractivity contribution is 5.10. The van der Waals surface area contributed by atoms with Gasteiger partial charge in [-0.3, -0.25) is 0 Å². The lowest BCUT2D eigenvalue weighted by atomic mass is 9.87. The summed E-state index contributed by atoms with van der Waals surface area (Å²) in [7, 11) is 0. The molecule has 0 radical (unpaired) electrons. The fourth-order valence-electron chi connectivity index (χ4n) is 2.86. The highest BCUT2D eigenvalue weighted by Crippen LogP contribution is 2.26. The number of rotatable bonds is 6. The van der Waals surface area contributed by atoms with Crippen molar-refractivity contribution in [1.82, 2.24) is 9.88 Å². The van der Waals surface area contributed by atoms with E-state index in [2.05, 4.69) is 42.2 Å². The fraction of sp³-hybridized carbons (Fsp3) is 0.750. The summed E-state index contributed by atoms with van der Waals surface area (Å²) in [5, 5.41) is 3.47. The maximum Gasteiger partial charge on any atom is 0.0222 e. The Hall–Kier alpha value is -0.760. The van der Waals surface area contributed by atoms with Crippen LogP contribution in [0.1, 0.15) is 57.9 Å². The molecule has 1 fully saturated rings. The summed E-state index contributed by atoms with van der Waals surface area (Å²) in [5.74, 6) is 0.985. The molecule has 1 heterocycles. The molecule has 1 aromatic rings. The Kier molecular flexibility index (Phi) is 5.30. The lowest BCUT2D eigenvalue weighted by molar-refractivity contribution is 0.324. The first-order chi connectivity index (χ1) is 8.74. The zero-order chi connectivity index (χ0) is 12.8. The van der Waals surface area contributed by atoms with Gasteiger partial charge in [0.05, 0.1) is 0 Å². The van der Waals surface area contributed by atoms with E-state index in [4.69, 9.17) is 0 Å². The van der Waals surface area contributed by atoms with E-state index in [1.807, 2.05) is 0 Å². The average molecular weight is 248 g/mol. The summed E-state index contributed by atoms with van der Waals surface area (Å²) in [6.45, 7) is 6.58. The van der Waals surface area contributed by atoms with Gasteiger partial charge in [-0.15, -0.1) is 0 Å². The number of nitrogens with zero attached hydrogens (tertiary/aromatic N) is 1. The molecular weight excluding hydrogens is 220 g/mol. The van der Waals surface area contributed by atoms with Crippen molar-refractivity contribution in [1.29, 1.82) is 0 Å². The first-order valence-corrected chi connectivity index (χ1v) is 7.62. The average Bonchev–Trinajstić information content (AvgIpc) is 2.83. The van der Waals surface area contributed by atoms with Crippen LogP contribution in [0.4, 0.5) is 0 Å². The lowest BCUT2D eigenvalue weighted by Crippen LogP contribution is -2.21. The molecule has 0 amide bonds. The Labute approximate surface area is 112 Å². The Balaban J connectivity index is 1.72. The van der Waals surface area contributed by atoms with Gasteiger partial charge in [-0.05, 0) is 24.0 Å². The first kappa shape index (κ1) is 13.7. The molecule has 2 rings (SSSR count). The zero-order valence-electron chi connectivity index (χ0n) is 12.0. The maximum absolute atomic E-state index is 3.47. The van der Waals surface area contributed by atoms with Crippen molar-refractivity contribution < 1.29 is 0 Å². The Bertz CT molecular complexity index is 335. The predicted molar refractivity (Wildman–Crippen MR) is 77.6 cm³/mol. The van der Waals surface area contributed by atoms with E-state index in [9.17, 15) is 0 Å². The molecule has 0 spiro atoms. The Morgan fingerprint density at radius 3 is 2.78 bits per heavy atom. The predicted octanol–water partition coefficient (Wildman–Crippen LogP) is 3.96. The molecule has 1 aliphatic rings. The molecule has 0 atom stereocenters. The molecule has 1 saturated carbocycles. The molecule has 1 aromatic heterocycles. The van der Waals surface area contributed by atoms with Crippen LogP contribution in [-0.4, -0.2) is 10.6 Å². The standard InChI is InChI=1S/C16H28N2/c1-14(2)17-12-16-9-11-18(13-16)10-8-15-6-4-3-5-7-15/h9,11,13-15,17H,3-8,10,12H2,1-2H3. The normalized spacial score (nSPS) is 17.5. The minimum absolute atomic E-state index is 0.565. The van der Waals surface area contributed by atoms with Crippen LogP contribution in [0, 0.1) is 5.92 Å². The van der Waals surface area contributed by atoms with Crippen molar-refractivity contribution in [3.05, 3.63) is 24.0 Å². The van der Waals surface area contributed by atoms with Crippen molar-refractivity contribution in [2.75, 3.05) is 0 Å². The Morgan fingerprint density at radius 1 is 1.28 bits per heavy atom. The van der Waals surface area contributed by atoms with Crippen molar-refractivity contribution in [3.63, 3.8) is 0 Å². The summed E-state index contributed by atoms with van der Waals surface area (Å²) in [5.41, 5.74) is 1.41. The van der Waals surface area contributed by atoms with Gasteiger partial charge in [0.2, 0.25) is 0 Å². The molecule has 0 aromatic carbocycles. The van der Waals surface area contributed by atoms with E-state index in [1.54, 1.807) is 0 Å². The summed E-state index contributed by atoms with van der Waals surface area (Å²) < 4.78 is 2.37. The highest BCUT2D eigenvalue weighted by Gasteiger charge is 2.12. The van der Waals surface area contributed by atoms with Crippen LogP contribution in [0.25, 0.3) is 0 Å². The number of hydrogen-bond donors (Lipinski definition) is 1. The van der Waals surface area contributed by atoms with Gasteiger partial charge in [0.15, 0.2) is 0 Å². The molecule has 1 N–H and O–H groups in total. The monoisotopic (exact) mass is 248 g/mol.